The monoisotopic (exact) mass is 436 g/mol. The van der Waals surface area contributed by atoms with Gasteiger partial charge in [0, 0.05) is 29.2 Å². The number of pyridine rings is 3. The molecule has 8 heteroatoms. The molecule has 160 valence electrons. The van der Waals surface area contributed by atoms with Gasteiger partial charge in [0.2, 0.25) is 0 Å². The lowest BCUT2D eigenvalue weighted by Crippen LogP contribution is -1.88. The molecule has 1 aromatic carbocycles. The number of ether oxygens (including phenoxy) is 1. The van der Waals surface area contributed by atoms with Crippen LogP contribution in [0.25, 0.3) is 55.8 Å². The molecule has 0 unspecified atom stereocenters. The fraction of sp³-hybridized carbons (Fsp3) is 0.0400. The zero-order valence-electron chi connectivity index (χ0n) is 17.5. The number of hydrogen-bond donors (Lipinski definition) is 2. The Balaban J connectivity index is 1.50. The Morgan fingerprint density at radius 2 is 1.82 bits per heavy atom. The molecule has 0 spiro atoms. The molecule has 0 saturated carbocycles. The van der Waals surface area contributed by atoms with Gasteiger partial charge in [-0.25, -0.2) is 9.37 Å². The van der Waals surface area contributed by atoms with Crippen molar-refractivity contribution in [2.45, 2.75) is 0 Å². The van der Waals surface area contributed by atoms with Crippen molar-refractivity contribution in [3.8, 4) is 39.7 Å². The van der Waals surface area contributed by atoms with Crippen LogP contribution < -0.4 is 4.74 Å². The maximum Gasteiger partial charge on any atom is 0.138 e. The van der Waals surface area contributed by atoms with Crippen LogP contribution in [0.3, 0.4) is 0 Å². The average Bonchev–Trinajstić information content (AvgIpc) is 3.47. The van der Waals surface area contributed by atoms with E-state index in [0.717, 1.165) is 44.6 Å². The molecule has 2 N–H and O–H groups in total. The summed E-state index contributed by atoms with van der Waals surface area (Å²) in [6.07, 6.45) is 5.19. The van der Waals surface area contributed by atoms with E-state index in [1.165, 1.54) is 19.2 Å². The first-order valence-corrected chi connectivity index (χ1v) is 10.3. The summed E-state index contributed by atoms with van der Waals surface area (Å²) in [5.41, 5.74) is 6.12. The Morgan fingerprint density at radius 1 is 0.879 bits per heavy atom. The fourth-order valence-corrected chi connectivity index (χ4v) is 4.02. The van der Waals surface area contributed by atoms with Crippen molar-refractivity contribution in [2.75, 3.05) is 7.11 Å². The number of aromatic amines is 2. The van der Waals surface area contributed by atoms with Crippen LogP contribution in [0.1, 0.15) is 0 Å². The lowest BCUT2D eigenvalue weighted by molar-refractivity contribution is 0.411. The van der Waals surface area contributed by atoms with Gasteiger partial charge in [-0.3, -0.25) is 15.1 Å². The molecule has 6 aromatic rings. The van der Waals surface area contributed by atoms with Crippen molar-refractivity contribution in [3.63, 3.8) is 0 Å². The summed E-state index contributed by atoms with van der Waals surface area (Å²) in [4.78, 5) is 16.7. The molecule has 0 fully saturated rings. The van der Waals surface area contributed by atoms with Crippen LogP contribution in [0.15, 0.2) is 73.2 Å². The lowest BCUT2D eigenvalue weighted by atomic mass is 10.0. The van der Waals surface area contributed by atoms with E-state index in [4.69, 9.17) is 4.74 Å². The summed E-state index contributed by atoms with van der Waals surface area (Å²) < 4.78 is 19.4. The van der Waals surface area contributed by atoms with E-state index in [0.29, 0.717) is 17.0 Å². The molecule has 0 aliphatic rings. The van der Waals surface area contributed by atoms with Gasteiger partial charge in [-0.15, -0.1) is 0 Å². The number of methoxy groups -OCH3 is 1. The first-order valence-electron chi connectivity index (χ1n) is 10.3. The van der Waals surface area contributed by atoms with Crippen molar-refractivity contribution in [1.29, 1.82) is 0 Å². The molecule has 0 radical (unpaired) electrons. The Hall–Kier alpha value is -4.59. The minimum absolute atomic E-state index is 0.363. The Morgan fingerprint density at radius 3 is 2.67 bits per heavy atom. The van der Waals surface area contributed by atoms with Crippen molar-refractivity contribution in [3.05, 3.63) is 79.0 Å². The largest absolute Gasteiger partial charge is 0.497 e. The first kappa shape index (κ1) is 19.1. The zero-order chi connectivity index (χ0) is 22.4. The molecular weight excluding hydrogens is 419 g/mol. The lowest BCUT2D eigenvalue weighted by Gasteiger charge is -2.06. The molecule has 0 aliphatic carbocycles. The summed E-state index contributed by atoms with van der Waals surface area (Å²) in [6.45, 7) is 0. The van der Waals surface area contributed by atoms with Crippen molar-refractivity contribution >= 4 is 21.9 Å². The fourth-order valence-electron chi connectivity index (χ4n) is 4.02. The number of hydrogen-bond acceptors (Lipinski definition) is 5. The maximum absolute atomic E-state index is 14.2. The maximum atomic E-state index is 14.2. The number of nitrogens with one attached hydrogen (secondary N) is 2. The summed E-state index contributed by atoms with van der Waals surface area (Å²) in [7, 11) is 1.52. The highest BCUT2D eigenvalue weighted by molar-refractivity contribution is 6.00. The predicted molar refractivity (Wildman–Crippen MR) is 124 cm³/mol. The van der Waals surface area contributed by atoms with Gasteiger partial charge in [0.15, 0.2) is 0 Å². The van der Waals surface area contributed by atoms with E-state index < -0.39 is 0 Å². The second-order valence-electron chi connectivity index (χ2n) is 7.59. The number of fused-ring (bicyclic) bond motifs is 2. The third-order valence-corrected chi connectivity index (χ3v) is 5.58. The third-order valence-electron chi connectivity index (χ3n) is 5.58. The van der Waals surface area contributed by atoms with E-state index in [1.807, 2.05) is 36.4 Å². The molecule has 7 nitrogen and oxygen atoms in total. The SMILES string of the molecule is COc1cc(F)cc(-c2ccnc3[nH]c(-c4n[nH]c5cnc(-c6ccccn6)cc45)cc23)c1. The minimum Gasteiger partial charge on any atom is -0.497 e. The summed E-state index contributed by atoms with van der Waals surface area (Å²) >= 11 is 0. The number of nitrogens with zero attached hydrogens (tertiary/aromatic N) is 4. The number of halogens is 1. The Kier molecular flexibility index (Phi) is 4.36. The number of rotatable bonds is 4. The highest BCUT2D eigenvalue weighted by atomic mass is 19.1. The molecule has 5 aromatic heterocycles. The van der Waals surface area contributed by atoms with E-state index in [1.54, 1.807) is 24.7 Å². The van der Waals surface area contributed by atoms with E-state index in [-0.39, 0.29) is 5.82 Å². The Bertz CT molecular complexity index is 1620. The zero-order valence-corrected chi connectivity index (χ0v) is 17.5. The molecule has 5 heterocycles. The molecule has 0 atom stereocenters. The topological polar surface area (TPSA) is 92.4 Å². The van der Waals surface area contributed by atoms with Crippen LogP contribution in [0, 0.1) is 5.82 Å². The number of H-pyrrole nitrogens is 2. The van der Waals surface area contributed by atoms with Crippen LogP contribution in [-0.2, 0) is 0 Å². The summed E-state index contributed by atoms with van der Waals surface area (Å²) in [6, 6.07) is 16.2. The number of aromatic nitrogens is 6. The van der Waals surface area contributed by atoms with E-state index in [2.05, 4.69) is 30.1 Å². The molecule has 33 heavy (non-hydrogen) atoms. The highest BCUT2D eigenvalue weighted by Crippen LogP contribution is 2.35. The summed E-state index contributed by atoms with van der Waals surface area (Å²) in [5.74, 6) is 0.0940. The predicted octanol–water partition coefficient (Wildman–Crippen LogP) is 5.38. The highest BCUT2D eigenvalue weighted by Gasteiger charge is 2.16. The number of benzene rings is 1. The molecule has 0 aliphatic heterocycles. The van der Waals surface area contributed by atoms with E-state index >= 15 is 0 Å². The standard InChI is InChI=1S/C25H17FN6O/c1-33-16-9-14(8-15(26)10-16)17-5-7-28-25-18(17)11-22(30-25)24-19-12-21(20-4-2-3-6-27-20)29-13-23(19)31-32-24/h2-13H,1H3,(H,28,30)(H,31,32). The van der Waals surface area contributed by atoms with E-state index in [9.17, 15) is 4.39 Å². The van der Waals surface area contributed by atoms with Crippen LogP contribution in [0.5, 0.6) is 5.75 Å². The molecule has 0 bridgehead atoms. The Labute approximate surface area is 187 Å². The van der Waals surface area contributed by atoms with Gasteiger partial charge in [-0.05, 0) is 53.6 Å². The van der Waals surface area contributed by atoms with Gasteiger partial charge in [0.1, 0.15) is 22.9 Å². The van der Waals surface area contributed by atoms with Gasteiger partial charge in [-0.2, -0.15) is 5.10 Å². The first-order chi connectivity index (χ1) is 16.2. The average molecular weight is 436 g/mol. The van der Waals surface area contributed by atoms with Gasteiger partial charge >= 0.3 is 0 Å². The van der Waals surface area contributed by atoms with Crippen LogP contribution in [0.2, 0.25) is 0 Å². The van der Waals surface area contributed by atoms with Crippen molar-refractivity contribution in [1.82, 2.24) is 30.1 Å². The normalized spacial score (nSPS) is 11.3. The molecule has 0 saturated heterocycles. The van der Waals surface area contributed by atoms with Crippen LogP contribution in [0.4, 0.5) is 4.39 Å². The smallest absolute Gasteiger partial charge is 0.138 e. The second-order valence-corrected chi connectivity index (χ2v) is 7.59. The molecule has 6 rings (SSSR count). The molecule has 0 amide bonds. The minimum atomic E-state index is -0.363. The van der Waals surface area contributed by atoms with Gasteiger partial charge in [0.05, 0.1) is 35.9 Å². The van der Waals surface area contributed by atoms with Gasteiger partial charge < -0.3 is 9.72 Å². The van der Waals surface area contributed by atoms with Crippen molar-refractivity contribution < 1.29 is 9.13 Å². The van der Waals surface area contributed by atoms with Gasteiger partial charge in [0.25, 0.3) is 0 Å². The second kappa shape index (κ2) is 7.52. The molecular formula is C25H17FN6O. The summed E-state index contributed by atoms with van der Waals surface area (Å²) in [5, 5.41) is 9.32. The quantitative estimate of drug-likeness (QED) is 0.387. The van der Waals surface area contributed by atoms with Crippen molar-refractivity contribution in [2.24, 2.45) is 0 Å². The third kappa shape index (κ3) is 3.28. The van der Waals surface area contributed by atoms with Crippen LogP contribution in [-0.4, -0.2) is 37.2 Å². The van der Waals surface area contributed by atoms with Crippen LogP contribution >= 0.6 is 0 Å². The van der Waals surface area contributed by atoms with Gasteiger partial charge in [-0.1, -0.05) is 6.07 Å².